The number of nitrogens with zero attached hydrogens (tertiary/aromatic N) is 1. The molecule has 6 nitrogen and oxygen atoms in total. The van der Waals surface area contributed by atoms with E-state index in [0.717, 1.165) is 28.2 Å². The average Bonchev–Trinajstić information content (AvgIpc) is 3.06. The number of halogens is 2. The van der Waals surface area contributed by atoms with Crippen LogP contribution in [0, 0.1) is 11.6 Å². The number of nitrogens with one attached hydrogen (secondary N) is 2. The van der Waals surface area contributed by atoms with Crippen LogP contribution in [0.25, 0.3) is 0 Å². The number of amides is 4. The van der Waals surface area contributed by atoms with Gasteiger partial charge in [0.25, 0.3) is 5.91 Å². The second-order valence-electron chi connectivity index (χ2n) is 8.58. The molecule has 1 heterocycles. The summed E-state index contributed by atoms with van der Waals surface area (Å²) < 4.78 is 27.6. The van der Waals surface area contributed by atoms with E-state index >= 15 is 0 Å². The molecule has 0 bridgehead atoms. The summed E-state index contributed by atoms with van der Waals surface area (Å²) in [6.07, 6.45) is 0.610. The predicted octanol–water partition coefficient (Wildman–Crippen LogP) is 4.07. The molecule has 1 aliphatic rings. The molecule has 1 unspecified atom stereocenters. The summed E-state index contributed by atoms with van der Waals surface area (Å²) in [5.41, 5.74) is 0.313. The minimum Gasteiger partial charge on any atom is -0.355 e. The topological polar surface area (TPSA) is 78.5 Å². The third-order valence-corrected chi connectivity index (χ3v) is 6.21. The second-order valence-corrected chi connectivity index (χ2v) is 8.58. The van der Waals surface area contributed by atoms with Gasteiger partial charge in [0.05, 0.1) is 0 Å². The van der Waals surface area contributed by atoms with Gasteiger partial charge in [-0.15, -0.1) is 0 Å². The highest BCUT2D eigenvalue weighted by Gasteiger charge is 2.50. The molecule has 0 spiro atoms. The lowest BCUT2D eigenvalue weighted by atomic mass is 9.88. The van der Waals surface area contributed by atoms with Gasteiger partial charge in [-0.25, -0.2) is 13.6 Å². The molecular weight excluding hydrogens is 452 g/mol. The smallest absolute Gasteiger partial charge is 0.325 e. The summed E-state index contributed by atoms with van der Waals surface area (Å²) >= 11 is 0. The molecule has 0 radical (unpaired) electrons. The molecule has 0 saturated carbocycles. The van der Waals surface area contributed by atoms with Crippen molar-refractivity contribution in [2.75, 3.05) is 13.1 Å². The Kier molecular flexibility index (Phi) is 6.91. The van der Waals surface area contributed by atoms with Crippen LogP contribution in [-0.2, 0) is 15.1 Å². The summed E-state index contributed by atoms with van der Waals surface area (Å²) in [6, 6.07) is 21.8. The number of carbonyl (C=O) groups excluding carboxylic acids is 3. The first-order chi connectivity index (χ1) is 16.8. The molecule has 1 atom stereocenters. The lowest BCUT2D eigenvalue weighted by molar-refractivity contribution is -0.134. The SMILES string of the molecule is CC1(c2ccc(F)cc2F)NC(=O)N(CC(=O)NCCC(c2ccccc2)c2ccccc2)C1=O. The van der Waals surface area contributed by atoms with Gasteiger partial charge in [-0.1, -0.05) is 66.7 Å². The van der Waals surface area contributed by atoms with E-state index in [1.807, 2.05) is 60.7 Å². The fourth-order valence-corrected chi connectivity index (χ4v) is 4.37. The molecule has 3 aromatic rings. The maximum absolute atomic E-state index is 14.3. The van der Waals surface area contributed by atoms with Crippen molar-refractivity contribution in [3.63, 3.8) is 0 Å². The van der Waals surface area contributed by atoms with Crippen LogP contribution in [-0.4, -0.2) is 35.8 Å². The van der Waals surface area contributed by atoms with Crippen LogP contribution in [0.3, 0.4) is 0 Å². The molecule has 1 fully saturated rings. The Labute approximate surface area is 201 Å². The summed E-state index contributed by atoms with van der Waals surface area (Å²) in [6.45, 7) is 1.14. The zero-order valence-corrected chi connectivity index (χ0v) is 19.1. The molecule has 8 heteroatoms. The van der Waals surface area contributed by atoms with Crippen LogP contribution in [0.15, 0.2) is 78.9 Å². The number of imide groups is 1. The molecule has 0 aromatic heterocycles. The fraction of sp³-hybridized carbons (Fsp3) is 0.222. The third kappa shape index (κ3) is 5.06. The summed E-state index contributed by atoms with van der Waals surface area (Å²) in [5.74, 6) is -3.00. The van der Waals surface area contributed by atoms with Crippen LogP contribution in [0.1, 0.15) is 36.0 Å². The van der Waals surface area contributed by atoms with E-state index in [1.54, 1.807) is 0 Å². The van der Waals surface area contributed by atoms with Crippen LogP contribution in [0.5, 0.6) is 0 Å². The number of carbonyl (C=O) groups is 3. The molecular formula is C27H25F2N3O3. The van der Waals surface area contributed by atoms with E-state index < -0.39 is 41.6 Å². The molecule has 2 N–H and O–H groups in total. The van der Waals surface area contributed by atoms with E-state index in [0.29, 0.717) is 19.0 Å². The van der Waals surface area contributed by atoms with Crippen LogP contribution in [0.2, 0.25) is 0 Å². The molecule has 4 rings (SSSR count). The van der Waals surface area contributed by atoms with Crippen molar-refractivity contribution in [1.82, 2.24) is 15.5 Å². The van der Waals surface area contributed by atoms with E-state index in [-0.39, 0.29) is 11.5 Å². The van der Waals surface area contributed by atoms with Crippen molar-refractivity contribution in [2.24, 2.45) is 0 Å². The van der Waals surface area contributed by atoms with Crippen LogP contribution < -0.4 is 10.6 Å². The Morgan fingerprint density at radius 2 is 1.57 bits per heavy atom. The van der Waals surface area contributed by atoms with Crippen LogP contribution in [0.4, 0.5) is 13.6 Å². The van der Waals surface area contributed by atoms with Crippen molar-refractivity contribution >= 4 is 17.8 Å². The summed E-state index contributed by atoms with van der Waals surface area (Å²) in [7, 11) is 0. The minimum atomic E-state index is -1.74. The van der Waals surface area contributed by atoms with E-state index in [4.69, 9.17) is 0 Å². The monoisotopic (exact) mass is 477 g/mol. The lowest BCUT2D eigenvalue weighted by Crippen LogP contribution is -2.44. The molecule has 180 valence electrons. The molecule has 3 aromatic carbocycles. The Hall–Kier alpha value is -4.07. The summed E-state index contributed by atoms with van der Waals surface area (Å²) in [5, 5.41) is 5.19. The van der Waals surface area contributed by atoms with Crippen molar-refractivity contribution < 1.29 is 23.2 Å². The fourth-order valence-electron chi connectivity index (χ4n) is 4.37. The minimum absolute atomic E-state index is 0.0548. The van der Waals surface area contributed by atoms with E-state index in [9.17, 15) is 23.2 Å². The largest absolute Gasteiger partial charge is 0.355 e. The van der Waals surface area contributed by atoms with Gasteiger partial charge in [0.2, 0.25) is 5.91 Å². The van der Waals surface area contributed by atoms with E-state index in [1.165, 1.54) is 6.92 Å². The molecule has 1 saturated heterocycles. The van der Waals surface area contributed by atoms with Crippen molar-refractivity contribution in [1.29, 1.82) is 0 Å². The van der Waals surface area contributed by atoms with Gasteiger partial charge in [0.1, 0.15) is 23.7 Å². The first-order valence-electron chi connectivity index (χ1n) is 11.3. The first-order valence-corrected chi connectivity index (χ1v) is 11.3. The highest BCUT2D eigenvalue weighted by atomic mass is 19.1. The average molecular weight is 478 g/mol. The number of benzene rings is 3. The van der Waals surface area contributed by atoms with E-state index in [2.05, 4.69) is 10.6 Å². The van der Waals surface area contributed by atoms with Gasteiger partial charge < -0.3 is 10.6 Å². The van der Waals surface area contributed by atoms with Crippen molar-refractivity contribution in [2.45, 2.75) is 24.8 Å². The highest BCUT2D eigenvalue weighted by Crippen LogP contribution is 2.31. The Bertz CT molecular complexity index is 1200. The van der Waals surface area contributed by atoms with Gasteiger partial charge >= 0.3 is 6.03 Å². The Morgan fingerprint density at radius 1 is 0.971 bits per heavy atom. The second kappa shape index (κ2) is 10.0. The summed E-state index contributed by atoms with van der Waals surface area (Å²) in [4.78, 5) is 38.8. The molecule has 0 aliphatic carbocycles. The standard InChI is InChI=1S/C27H25F2N3O3/c1-27(22-13-12-20(28)16-23(22)29)25(34)32(26(35)31-27)17-24(33)30-15-14-21(18-8-4-2-5-9-18)19-10-6-3-7-11-19/h2-13,16,21H,14-15,17H2,1H3,(H,30,33)(H,31,35). The van der Waals surface area contributed by atoms with Crippen molar-refractivity contribution in [3.8, 4) is 0 Å². The Balaban J connectivity index is 1.40. The third-order valence-electron chi connectivity index (χ3n) is 6.21. The quantitative estimate of drug-likeness (QED) is 0.480. The Morgan fingerprint density at radius 3 is 2.14 bits per heavy atom. The number of urea groups is 1. The number of hydrogen-bond donors (Lipinski definition) is 2. The maximum atomic E-state index is 14.3. The zero-order chi connectivity index (χ0) is 25.0. The van der Waals surface area contributed by atoms with Crippen molar-refractivity contribution in [3.05, 3.63) is 107 Å². The normalized spacial score (nSPS) is 17.5. The van der Waals surface area contributed by atoms with Gasteiger partial charge in [-0.3, -0.25) is 14.5 Å². The van der Waals surface area contributed by atoms with Gasteiger partial charge in [-0.2, -0.15) is 0 Å². The predicted molar refractivity (Wildman–Crippen MR) is 126 cm³/mol. The molecule has 1 aliphatic heterocycles. The zero-order valence-electron chi connectivity index (χ0n) is 19.1. The first kappa shape index (κ1) is 24.1. The van der Waals surface area contributed by atoms with Gasteiger partial charge in [-0.05, 0) is 30.5 Å². The van der Waals surface area contributed by atoms with Gasteiger partial charge in [0.15, 0.2) is 0 Å². The maximum Gasteiger partial charge on any atom is 0.325 e. The van der Waals surface area contributed by atoms with Crippen LogP contribution >= 0.6 is 0 Å². The highest BCUT2D eigenvalue weighted by molar-refractivity contribution is 6.09. The lowest BCUT2D eigenvalue weighted by Gasteiger charge is -2.22. The molecule has 4 amide bonds. The van der Waals surface area contributed by atoms with Gasteiger partial charge in [0, 0.05) is 24.1 Å². The number of rotatable bonds is 8. The number of hydrogen-bond acceptors (Lipinski definition) is 3. The molecule has 35 heavy (non-hydrogen) atoms.